The molecule has 1 aromatic rings. The van der Waals surface area contributed by atoms with E-state index in [9.17, 15) is 0 Å². The minimum absolute atomic E-state index is 0.116. The monoisotopic (exact) mass is 267 g/mol. The average Bonchev–Trinajstić information content (AvgIpc) is 2.37. The van der Waals surface area contributed by atoms with Crippen LogP contribution in [0.15, 0.2) is 6.07 Å². The van der Waals surface area contributed by atoms with Crippen LogP contribution in [-0.4, -0.2) is 29.7 Å². The van der Waals surface area contributed by atoms with Gasteiger partial charge in [0.2, 0.25) is 0 Å². The minimum atomic E-state index is -0.116. The van der Waals surface area contributed by atoms with Crippen LogP contribution < -0.4 is 16.6 Å². The quantitative estimate of drug-likeness (QED) is 0.397. The molecule has 6 heteroatoms. The summed E-state index contributed by atoms with van der Waals surface area (Å²) in [5.74, 6) is 7.60. The molecule has 0 saturated carbocycles. The highest BCUT2D eigenvalue weighted by atomic mass is 16.5. The molecule has 0 atom stereocenters. The maximum absolute atomic E-state index is 5.44. The van der Waals surface area contributed by atoms with Gasteiger partial charge in [-0.05, 0) is 13.3 Å². The number of hydrogen-bond donors (Lipinski definition) is 3. The molecule has 0 fully saturated rings. The predicted octanol–water partition coefficient (Wildman–Crippen LogP) is 1.90. The summed E-state index contributed by atoms with van der Waals surface area (Å²) in [5, 5.41) is 3.26. The van der Waals surface area contributed by atoms with Gasteiger partial charge in [-0.1, -0.05) is 20.8 Å². The van der Waals surface area contributed by atoms with E-state index >= 15 is 0 Å². The number of hydrogen-bond acceptors (Lipinski definition) is 6. The highest BCUT2D eigenvalue weighted by Gasteiger charge is 2.18. The third-order valence-electron chi connectivity index (χ3n) is 2.52. The maximum Gasteiger partial charge on any atom is 0.145 e. The summed E-state index contributed by atoms with van der Waals surface area (Å²) in [6, 6.07) is 1.80. The second-order valence-corrected chi connectivity index (χ2v) is 5.33. The molecule has 0 aliphatic carbocycles. The Kier molecular flexibility index (Phi) is 5.98. The van der Waals surface area contributed by atoms with Crippen molar-refractivity contribution in [2.45, 2.75) is 39.5 Å². The summed E-state index contributed by atoms with van der Waals surface area (Å²) < 4.78 is 5.29. The standard InChI is InChI=1S/C13H25N5O/c1-5-19-8-6-7-15-10-9-11(18-14)17-12(16-10)13(2,3)4/h9H,5-8,14H2,1-4H3,(H2,15,16,17,18). The summed E-state index contributed by atoms with van der Waals surface area (Å²) in [4.78, 5) is 8.88. The zero-order valence-electron chi connectivity index (χ0n) is 12.3. The van der Waals surface area contributed by atoms with Crippen LogP contribution in [0.4, 0.5) is 11.6 Å². The molecule has 0 radical (unpaired) electrons. The summed E-state index contributed by atoms with van der Waals surface area (Å²) >= 11 is 0. The van der Waals surface area contributed by atoms with Crippen LogP contribution in [0, 0.1) is 0 Å². The molecule has 4 N–H and O–H groups in total. The molecule has 0 aromatic carbocycles. The molecule has 108 valence electrons. The summed E-state index contributed by atoms with van der Waals surface area (Å²) in [6.45, 7) is 10.5. The average molecular weight is 267 g/mol. The van der Waals surface area contributed by atoms with Crippen molar-refractivity contribution < 1.29 is 4.74 Å². The van der Waals surface area contributed by atoms with Gasteiger partial charge in [0, 0.05) is 31.2 Å². The van der Waals surface area contributed by atoms with E-state index in [1.54, 1.807) is 6.07 Å². The van der Waals surface area contributed by atoms with Gasteiger partial charge >= 0.3 is 0 Å². The number of ether oxygens (including phenoxy) is 1. The van der Waals surface area contributed by atoms with Gasteiger partial charge < -0.3 is 15.5 Å². The molecule has 0 unspecified atom stereocenters. The molecular weight excluding hydrogens is 242 g/mol. The van der Waals surface area contributed by atoms with Gasteiger partial charge in [0.05, 0.1) is 0 Å². The lowest BCUT2D eigenvalue weighted by molar-refractivity contribution is 0.147. The molecule has 19 heavy (non-hydrogen) atoms. The number of nitrogens with zero attached hydrogens (tertiary/aromatic N) is 2. The molecule has 1 heterocycles. The van der Waals surface area contributed by atoms with E-state index in [1.807, 2.05) is 6.92 Å². The van der Waals surface area contributed by atoms with Crippen LogP contribution in [0.1, 0.15) is 39.9 Å². The van der Waals surface area contributed by atoms with Crippen LogP contribution in [0.5, 0.6) is 0 Å². The summed E-state index contributed by atoms with van der Waals surface area (Å²) in [6.07, 6.45) is 0.939. The highest BCUT2D eigenvalue weighted by Crippen LogP contribution is 2.21. The van der Waals surface area contributed by atoms with Gasteiger partial charge in [0.25, 0.3) is 0 Å². The second kappa shape index (κ2) is 7.25. The molecule has 0 amide bonds. The first-order valence-electron chi connectivity index (χ1n) is 6.65. The van der Waals surface area contributed by atoms with Crippen molar-refractivity contribution in [3.63, 3.8) is 0 Å². The third kappa shape index (κ3) is 5.40. The van der Waals surface area contributed by atoms with Gasteiger partial charge in [-0.25, -0.2) is 15.8 Å². The Morgan fingerprint density at radius 2 is 1.95 bits per heavy atom. The van der Waals surface area contributed by atoms with Gasteiger partial charge in [-0.15, -0.1) is 0 Å². The molecule has 0 aliphatic heterocycles. The smallest absolute Gasteiger partial charge is 0.145 e. The van der Waals surface area contributed by atoms with E-state index in [1.165, 1.54) is 0 Å². The van der Waals surface area contributed by atoms with E-state index in [0.29, 0.717) is 5.82 Å². The van der Waals surface area contributed by atoms with Crippen LogP contribution in [-0.2, 0) is 10.2 Å². The van der Waals surface area contributed by atoms with Crippen LogP contribution in [0.25, 0.3) is 0 Å². The second-order valence-electron chi connectivity index (χ2n) is 5.33. The number of anilines is 2. The number of rotatable bonds is 7. The highest BCUT2D eigenvalue weighted by molar-refractivity contribution is 5.47. The Balaban J connectivity index is 2.67. The summed E-state index contributed by atoms with van der Waals surface area (Å²) in [7, 11) is 0. The number of aromatic nitrogens is 2. The van der Waals surface area contributed by atoms with Crippen molar-refractivity contribution in [2.24, 2.45) is 5.84 Å². The normalized spacial score (nSPS) is 11.4. The van der Waals surface area contributed by atoms with E-state index in [0.717, 1.165) is 37.8 Å². The first-order valence-corrected chi connectivity index (χ1v) is 6.65. The molecule has 6 nitrogen and oxygen atoms in total. The topological polar surface area (TPSA) is 85.1 Å². The number of nitrogens with two attached hydrogens (primary N) is 1. The number of hydrazine groups is 1. The molecule has 0 bridgehead atoms. The van der Waals surface area contributed by atoms with Crippen molar-refractivity contribution in [1.82, 2.24) is 9.97 Å². The van der Waals surface area contributed by atoms with Crippen molar-refractivity contribution in [3.8, 4) is 0 Å². The summed E-state index contributed by atoms with van der Waals surface area (Å²) in [5.41, 5.74) is 2.46. The number of nitrogen functional groups attached to an aromatic ring is 1. The molecule has 0 spiro atoms. The van der Waals surface area contributed by atoms with Crippen molar-refractivity contribution in [3.05, 3.63) is 11.9 Å². The lowest BCUT2D eigenvalue weighted by Crippen LogP contribution is -2.20. The Hall–Kier alpha value is -1.40. The van der Waals surface area contributed by atoms with E-state index in [-0.39, 0.29) is 5.41 Å². The largest absolute Gasteiger partial charge is 0.382 e. The van der Waals surface area contributed by atoms with E-state index in [4.69, 9.17) is 10.6 Å². The fourth-order valence-electron chi connectivity index (χ4n) is 1.48. The Morgan fingerprint density at radius 1 is 1.26 bits per heavy atom. The molecule has 0 saturated heterocycles. The van der Waals surface area contributed by atoms with Crippen molar-refractivity contribution in [1.29, 1.82) is 0 Å². The van der Waals surface area contributed by atoms with Crippen LogP contribution in [0.2, 0.25) is 0 Å². The zero-order valence-corrected chi connectivity index (χ0v) is 12.3. The third-order valence-corrected chi connectivity index (χ3v) is 2.52. The molecule has 1 rings (SSSR count). The van der Waals surface area contributed by atoms with Gasteiger partial charge in [-0.2, -0.15) is 0 Å². The maximum atomic E-state index is 5.44. The lowest BCUT2D eigenvalue weighted by atomic mass is 9.96. The predicted molar refractivity (Wildman–Crippen MR) is 78.1 cm³/mol. The van der Waals surface area contributed by atoms with Gasteiger partial charge in [0.15, 0.2) is 0 Å². The fraction of sp³-hybridized carbons (Fsp3) is 0.692. The van der Waals surface area contributed by atoms with Gasteiger partial charge in [-0.3, -0.25) is 0 Å². The molecule has 1 aromatic heterocycles. The fourth-order valence-corrected chi connectivity index (χ4v) is 1.48. The van der Waals surface area contributed by atoms with Gasteiger partial charge in [0.1, 0.15) is 17.5 Å². The van der Waals surface area contributed by atoms with E-state index in [2.05, 4.69) is 41.5 Å². The SMILES string of the molecule is CCOCCCNc1cc(NN)nc(C(C)(C)C)n1. The Bertz CT molecular complexity index is 389. The van der Waals surface area contributed by atoms with Crippen LogP contribution >= 0.6 is 0 Å². The van der Waals surface area contributed by atoms with E-state index < -0.39 is 0 Å². The zero-order chi connectivity index (χ0) is 14.3. The van der Waals surface area contributed by atoms with Crippen molar-refractivity contribution in [2.75, 3.05) is 30.5 Å². The molecule has 0 aliphatic rings. The lowest BCUT2D eigenvalue weighted by Gasteiger charge is -2.18. The first kappa shape index (κ1) is 15.7. The Labute approximate surface area is 115 Å². The number of nitrogens with one attached hydrogen (secondary N) is 2. The Morgan fingerprint density at radius 3 is 2.53 bits per heavy atom. The van der Waals surface area contributed by atoms with Crippen molar-refractivity contribution >= 4 is 11.6 Å². The van der Waals surface area contributed by atoms with Crippen LogP contribution in [0.3, 0.4) is 0 Å². The minimum Gasteiger partial charge on any atom is -0.382 e. The molecular formula is C13H25N5O. The first-order chi connectivity index (χ1) is 8.97.